The van der Waals surface area contributed by atoms with E-state index in [1.54, 1.807) is 6.20 Å². The van der Waals surface area contributed by atoms with Crippen molar-refractivity contribution >= 4 is 60.8 Å². The van der Waals surface area contributed by atoms with Gasteiger partial charge in [-0.25, -0.2) is 0 Å². The lowest BCUT2D eigenvalue weighted by Gasteiger charge is -2.27. The number of hydrogen-bond donors (Lipinski definition) is 0. The third-order valence-corrected chi connectivity index (χ3v) is 8.68. The Kier molecular flexibility index (Phi) is 5.78. The van der Waals surface area contributed by atoms with E-state index in [4.69, 9.17) is 4.42 Å². The number of fused-ring (bicyclic) bond motifs is 6. The summed E-state index contributed by atoms with van der Waals surface area (Å²) in [6.45, 7) is 0. The van der Waals surface area contributed by atoms with Gasteiger partial charge in [-0.05, 0) is 71.8 Å². The maximum atomic E-state index is 6.32. The van der Waals surface area contributed by atoms with Crippen LogP contribution in [-0.2, 0) is 0 Å². The van der Waals surface area contributed by atoms with Gasteiger partial charge in [0.25, 0.3) is 0 Å². The monoisotopic (exact) mass is 577 g/mol. The smallest absolute Gasteiger partial charge is 0.153 e. The van der Waals surface area contributed by atoms with Crippen LogP contribution in [0.1, 0.15) is 0 Å². The van der Waals surface area contributed by atoms with E-state index in [0.717, 1.165) is 50.2 Å². The third-order valence-electron chi connectivity index (χ3n) is 8.68. The van der Waals surface area contributed by atoms with Crippen molar-refractivity contribution in [1.29, 1.82) is 0 Å². The minimum Gasteiger partial charge on any atom is -0.454 e. The van der Waals surface area contributed by atoms with E-state index in [0.29, 0.717) is 0 Å². The summed E-state index contributed by atoms with van der Waals surface area (Å²) in [7, 11) is 0. The summed E-state index contributed by atoms with van der Waals surface area (Å²) < 4.78 is 8.68. The van der Waals surface area contributed by atoms with Crippen LogP contribution in [0.5, 0.6) is 0 Å². The van der Waals surface area contributed by atoms with Crippen molar-refractivity contribution in [2.24, 2.45) is 0 Å². The van der Waals surface area contributed by atoms with Crippen LogP contribution in [0, 0.1) is 0 Å². The Hall–Kier alpha value is -6.13. The first-order valence-electron chi connectivity index (χ1n) is 15.1. The molecule has 0 N–H and O–H groups in total. The highest BCUT2D eigenvalue weighted by Gasteiger charge is 2.23. The topological polar surface area (TPSA) is 34.2 Å². The fourth-order valence-electron chi connectivity index (χ4n) is 6.73. The Morgan fingerprint density at radius 3 is 1.98 bits per heavy atom. The Balaban J connectivity index is 1.37. The van der Waals surface area contributed by atoms with Gasteiger partial charge in [0.2, 0.25) is 0 Å². The fourth-order valence-corrected chi connectivity index (χ4v) is 6.73. The number of pyridine rings is 1. The van der Waals surface area contributed by atoms with Crippen LogP contribution in [0.15, 0.2) is 168 Å². The Morgan fingerprint density at radius 1 is 0.489 bits per heavy atom. The van der Waals surface area contributed by atoms with E-state index in [9.17, 15) is 0 Å². The predicted molar refractivity (Wildman–Crippen MR) is 186 cm³/mol. The first-order valence-corrected chi connectivity index (χ1v) is 15.1. The molecule has 9 aromatic rings. The number of furan rings is 1. The van der Waals surface area contributed by atoms with Crippen LogP contribution in [0.2, 0.25) is 0 Å². The quantitative estimate of drug-likeness (QED) is 0.204. The van der Waals surface area contributed by atoms with Crippen LogP contribution < -0.4 is 4.90 Å². The summed E-state index contributed by atoms with van der Waals surface area (Å²) in [4.78, 5) is 6.72. The summed E-state index contributed by atoms with van der Waals surface area (Å²) >= 11 is 0. The van der Waals surface area contributed by atoms with Crippen LogP contribution in [0.4, 0.5) is 17.1 Å². The third kappa shape index (κ3) is 4.04. The van der Waals surface area contributed by atoms with E-state index >= 15 is 0 Å². The molecular formula is C41H27N3O. The lowest BCUT2D eigenvalue weighted by molar-refractivity contribution is 0.667. The standard InChI is InChI=1S/C41H27N3O/c1-3-11-28(12-4-1)29-21-23-31(24-22-29)44(37-19-10-20-38-41(37)33-25-26-42-27-39(33)45-38)36-18-9-17-35-40(36)32-15-7-8-16-34(32)43(35)30-13-5-2-6-14-30/h1-27H. The maximum absolute atomic E-state index is 6.32. The van der Waals surface area contributed by atoms with E-state index in [1.165, 1.54) is 27.4 Å². The molecule has 0 aliphatic rings. The molecule has 0 fully saturated rings. The van der Waals surface area contributed by atoms with Gasteiger partial charge >= 0.3 is 0 Å². The molecule has 212 valence electrons. The highest BCUT2D eigenvalue weighted by Crippen LogP contribution is 2.47. The van der Waals surface area contributed by atoms with Crippen molar-refractivity contribution in [3.05, 3.63) is 164 Å². The molecule has 0 unspecified atom stereocenters. The van der Waals surface area contributed by atoms with Crippen molar-refractivity contribution in [3.8, 4) is 16.8 Å². The summed E-state index contributed by atoms with van der Waals surface area (Å²) in [6.07, 6.45) is 3.63. The summed E-state index contributed by atoms with van der Waals surface area (Å²) in [5, 5.41) is 4.49. The van der Waals surface area contributed by atoms with Crippen LogP contribution >= 0.6 is 0 Å². The van der Waals surface area contributed by atoms with Gasteiger partial charge in [-0.3, -0.25) is 4.98 Å². The second kappa shape index (κ2) is 10.2. The second-order valence-corrected chi connectivity index (χ2v) is 11.2. The Labute approximate surface area is 260 Å². The summed E-state index contributed by atoms with van der Waals surface area (Å²) in [5.74, 6) is 0. The van der Waals surface area contributed by atoms with Gasteiger partial charge in [0.1, 0.15) is 5.58 Å². The van der Waals surface area contributed by atoms with Gasteiger partial charge in [0, 0.05) is 33.7 Å². The van der Waals surface area contributed by atoms with Crippen molar-refractivity contribution in [2.75, 3.05) is 4.90 Å². The molecule has 0 spiro atoms. The van der Waals surface area contributed by atoms with Crippen LogP contribution in [0.3, 0.4) is 0 Å². The second-order valence-electron chi connectivity index (χ2n) is 11.2. The number of aromatic nitrogens is 2. The number of benzene rings is 6. The van der Waals surface area contributed by atoms with Gasteiger partial charge in [0.15, 0.2) is 5.58 Å². The SMILES string of the molecule is c1ccc(-c2ccc(N(c3cccc4oc5cnccc5c34)c3cccc4c3c3ccccc3n4-c3ccccc3)cc2)cc1. The van der Waals surface area contributed by atoms with Gasteiger partial charge in [-0.1, -0.05) is 91.0 Å². The molecule has 0 bridgehead atoms. The molecule has 4 nitrogen and oxygen atoms in total. The first-order chi connectivity index (χ1) is 22.3. The number of rotatable bonds is 5. The van der Waals surface area contributed by atoms with Crippen molar-refractivity contribution in [3.63, 3.8) is 0 Å². The maximum Gasteiger partial charge on any atom is 0.153 e. The normalized spacial score (nSPS) is 11.6. The fraction of sp³-hybridized carbons (Fsp3) is 0. The Bertz CT molecular complexity index is 2480. The first kappa shape index (κ1) is 25.4. The molecule has 0 amide bonds. The molecule has 0 saturated carbocycles. The minimum atomic E-state index is 0.776. The van der Waals surface area contributed by atoms with Crippen molar-refractivity contribution < 1.29 is 4.42 Å². The highest BCUT2D eigenvalue weighted by molar-refractivity contribution is 6.19. The zero-order valence-corrected chi connectivity index (χ0v) is 24.3. The molecule has 45 heavy (non-hydrogen) atoms. The zero-order valence-electron chi connectivity index (χ0n) is 24.3. The zero-order chi connectivity index (χ0) is 29.7. The molecule has 0 atom stereocenters. The van der Waals surface area contributed by atoms with Gasteiger partial charge in [-0.15, -0.1) is 0 Å². The van der Waals surface area contributed by atoms with Gasteiger partial charge in [-0.2, -0.15) is 0 Å². The molecule has 6 aromatic carbocycles. The van der Waals surface area contributed by atoms with E-state index in [1.807, 2.05) is 18.3 Å². The highest BCUT2D eigenvalue weighted by atomic mass is 16.3. The van der Waals surface area contributed by atoms with Crippen molar-refractivity contribution in [1.82, 2.24) is 9.55 Å². The number of para-hydroxylation sites is 2. The van der Waals surface area contributed by atoms with E-state index in [-0.39, 0.29) is 0 Å². The minimum absolute atomic E-state index is 0.776. The lowest BCUT2D eigenvalue weighted by Crippen LogP contribution is -2.11. The summed E-state index contributed by atoms with van der Waals surface area (Å²) in [6, 6.07) is 53.7. The summed E-state index contributed by atoms with van der Waals surface area (Å²) in [5.41, 5.74) is 10.6. The van der Waals surface area contributed by atoms with Crippen molar-refractivity contribution in [2.45, 2.75) is 0 Å². The van der Waals surface area contributed by atoms with Gasteiger partial charge in [0.05, 0.1) is 34.0 Å². The number of nitrogens with zero attached hydrogens (tertiary/aromatic N) is 3. The number of hydrogen-bond acceptors (Lipinski definition) is 3. The largest absolute Gasteiger partial charge is 0.454 e. The molecule has 0 aliphatic carbocycles. The molecular weight excluding hydrogens is 550 g/mol. The molecule has 0 saturated heterocycles. The average Bonchev–Trinajstić information content (AvgIpc) is 3.66. The molecule has 9 rings (SSSR count). The van der Waals surface area contributed by atoms with E-state index < -0.39 is 0 Å². The Morgan fingerprint density at radius 2 is 1.16 bits per heavy atom. The molecule has 4 heteroatoms. The average molecular weight is 578 g/mol. The van der Waals surface area contributed by atoms with Crippen LogP contribution in [-0.4, -0.2) is 9.55 Å². The van der Waals surface area contributed by atoms with Crippen LogP contribution in [0.25, 0.3) is 60.6 Å². The van der Waals surface area contributed by atoms with E-state index in [2.05, 4.69) is 154 Å². The lowest BCUT2D eigenvalue weighted by atomic mass is 10.0. The molecule has 3 aromatic heterocycles. The predicted octanol–water partition coefficient (Wildman–Crippen LogP) is 11.2. The van der Waals surface area contributed by atoms with Gasteiger partial charge < -0.3 is 13.9 Å². The molecule has 0 aliphatic heterocycles. The number of anilines is 3. The molecule has 0 radical (unpaired) electrons. The molecule has 3 heterocycles.